The molecule has 0 aliphatic heterocycles. The first-order valence-corrected chi connectivity index (χ1v) is 14.7. The first-order chi connectivity index (χ1) is 20.7. The lowest BCUT2D eigenvalue weighted by atomic mass is 9.85. The number of methoxy groups -OCH3 is 2. The standard InChI is InChI=1S/C34H44N4O5/c1-7-8-15-38(16-18-41-5)17-19-43-30-14-13-28(24-11-9-10-12-25(30)20-24)31(37-40)33(39)36-29-22-27(34(2,3)4)21-26(23-35)32(29)42-6/h9-14,21-22,40H,7-8,15-20H2,1-6H3,(H,36,39)/b37-31+. The number of oxime groups is 1. The molecule has 9 nitrogen and oxygen atoms in total. The van der Waals surface area contributed by atoms with Crippen molar-refractivity contribution in [1.29, 1.82) is 5.26 Å². The Balaban J connectivity index is 1.88. The van der Waals surface area contributed by atoms with E-state index in [0.29, 0.717) is 42.2 Å². The van der Waals surface area contributed by atoms with E-state index in [2.05, 4.69) is 28.4 Å². The summed E-state index contributed by atoms with van der Waals surface area (Å²) < 4.78 is 17.0. The Morgan fingerprint density at radius 2 is 1.79 bits per heavy atom. The monoisotopic (exact) mass is 588 g/mol. The highest BCUT2D eigenvalue weighted by Crippen LogP contribution is 2.36. The molecule has 0 aromatic heterocycles. The molecule has 0 saturated carbocycles. The number of amides is 1. The van der Waals surface area contributed by atoms with E-state index in [4.69, 9.17) is 14.2 Å². The van der Waals surface area contributed by atoms with Gasteiger partial charge in [-0.1, -0.05) is 63.6 Å². The van der Waals surface area contributed by atoms with Gasteiger partial charge in [0.2, 0.25) is 0 Å². The molecule has 2 bridgehead atoms. The van der Waals surface area contributed by atoms with Crippen molar-refractivity contribution in [3.63, 3.8) is 0 Å². The Labute approximate surface area is 255 Å². The number of nitrogens with zero attached hydrogens (tertiary/aromatic N) is 3. The van der Waals surface area contributed by atoms with Crippen molar-refractivity contribution in [2.75, 3.05) is 52.4 Å². The van der Waals surface area contributed by atoms with E-state index in [9.17, 15) is 15.3 Å². The molecule has 9 heteroatoms. The van der Waals surface area contributed by atoms with Gasteiger partial charge in [-0.3, -0.25) is 9.69 Å². The number of fused-ring (bicyclic) bond motifs is 2. The number of rotatable bonds is 14. The fourth-order valence-corrected chi connectivity index (χ4v) is 4.85. The molecule has 2 N–H and O–H groups in total. The molecular weight excluding hydrogens is 544 g/mol. The first kappa shape index (κ1) is 33.4. The van der Waals surface area contributed by atoms with Gasteiger partial charge in [0.15, 0.2) is 11.5 Å². The third-order valence-corrected chi connectivity index (χ3v) is 7.35. The van der Waals surface area contributed by atoms with Gasteiger partial charge in [0, 0.05) is 32.2 Å². The molecular formula is C34H44N4O5. The number of unbranched alkanes of at least 4 members (excludes halogenated alkanes) is 1. The Kier molecular flexibility index (Phi) is 12.4. The molecule has 3 rings (SSSR count). The first-order valence-electron chi connectivity index (χ1n) is 14.7. The lowest BCUT2D eigenvalue weighted by Crippen LogP contribution is -2.31. The minimum atomic E-state index is -0.635. The van der Waals surface area contributed by atoms with Gasteiger partial charge < -0.3 is 24.7 Å². The largest absolute Gasteiger partial charge is 0.493 e. The van der Waals surface area contributed by atoms with E-state index >= 15 is 0 Å². The number of carbonyl (C=O) groups is 1. The zero-order valence-electron chi connectivity index (χ0n) is 26.2. The topological polar surface area (TPSA) is 116 Å². The summed E-state index contributed by atoms with van der Waals surface area (Å²) in [6.07, 6.45) is 14.0. The van der Waals surface area contributed by atoms with E-state index in [1.807, 2.05) is 51.2 Å². The van der Waals surface area contributed by atoms with Crippen LogP contribution in [0, 0.1) is 11.3 Å². The van der Waals surface area contributed by atoms with Crippen molar-refractivity contribution in [1.82, 2.24) is 4.90 Å². The van der Waals surface area contributed by atoms with Crippen LogP contribution in [0.2, 0.25) is 0 Å². The molecule has 0 heterocycles. The molecule has 0 radical (unpaired) electrons. The molecule has 1 amide bonds. The van der Waals surface area contributed by atoms with Crippen molar-refractivity contribution >= 4 is 17.3 Å². The molecule has 0 spiro atoms. The summed E-state index contributed by atoms with van der Waals surface area (Å²) in [5, 5.41) is 26.1. The smallest absolute Gasteiger partial charge is 0.278 e. The van der Waals surface area contributed by atoms with Gasteiger partial charge in [0.25, 0.3) is 5.91 Å². The Hall–Kier alpha value is -4.13. The number of carbonyl (C=O) groups excluding carboxylic acids is 1. The molecule has 0 atom stereocenters. The predicted molar refractivity (Wildman–Crippen MR) is 170 cm³/mol. The van der Waals surface area contributed by atoms with Crippen LogP contribution in [0.3, 0.4) is 0 Å². The van der Waals surface area contributed by atoms with Crippen LogP contribution in [0.4, 0.5) is 5.69 Å². The van der Waals surface area contributed by atoms with Crippen molar-refractivity contribution in [3.05, 3.63) is 82.2 Å². The molecule has 43 heavy (non-hydrogen) atoms. The van der Waals surface area contributed by atoms with Crippen LogP contribution < -0.4 is 10.1 Å². The van der Waals surface area contributed by atoms with Gasteiger partial charge in [0.05, 0.1) is 25.0 Å². The Morgan fingerprint density at radius 1 is 1.07 bits per heavy atom. The van der Waals surface area contributed by atoms with Crippen LogP contribution in [0.25, 0.3) is 0 Å². The number of anilines is 1. The Bertz CT molecular complexity index is 1380. The van der Waals surface area contributed by atoms with Crippen molar-refractivity contribution < 1.29 is 24.2 Å². The average molecular weight is 589 g/mol. The van der Waals surface area contributed by atoms with Crippen LogP contribution in [0.1, 0.15) is 58.1 Å². The minimum absolute atomic E-state index is 0.162. The number of hydrogen-bond acceptors (Lipinski definition) is 8. The van der Waals surface area contributed by atoms with Crippen molar-refractivity contribution in [2.45, 2.75) is 52.4 Å². The van der Waals surface area contributed by atoms with E-state index in [-0.39, 0.29) is 16.9 Å². The number of allylic oxidation sites excluding steroid dienone is 8. The number of nitrogens with one attached hydrogen (secondary N) is 1. The van der Waals surface area contributed by atoms with Crippen LogP contribution in [-0.4, -0.2) is 68.8 Å². The van der Waals surface area contributed by atoms with Crippen molar-refractivity contribution in [3.8, 4) is 11.8 Å². The third kappa shape index (κ3) is 8.93. The third-order valence-electron chi connectivity index (χ3n) is 7.35. The highest BCUT2D eigenvalue weighted by molar-refractivity contribution is 6.49. The zero-order valence-corrected chi connectivity index (χ0v) is 26.2. The summed E-state index contributed by atoms with van der Waals surface area (Å²) in [5.74, 6) is 0.307. The van der Waals surface area contributed by atoms with E-state index in [1.54, 1.807) is 25.3 Å². The normalized spacial score (nSPS) is 15.0. The molecule has 2 aliphatic rings. The molecule has 0 unspecified atom stereocenters. The second-order valence-electron chi connectivity index (χ2n) is 11.5. The number of nitriles is 1. The van der Waals surface area contributed by atoms with Crippen LogP contribution in [-0.2, 0) is 19.7 Å². The lowest BCUT2D eigenvalue weighted by Gasteiger charge is -2.22. The molecule has 1 aromatic rings. The second-order valence-corrected chi connectivity index (χ2v) is 11.5. The molecule has 1 aromatic carbocycles. The SMILES string of the molecule is CCCCN(CCOC)CCOC1=CC=C(/C(=N\O)C(=O)Nc2cc(C(C)(C)C)cc(C#N)c2OC)C2=CC=CC=C1C2. The summed E-state index contributed by atoms with van der Waals surface area (Å²) in [7, 11) is 3.15. The van der Waals surface area contributed by atoms with Gasteiger partial charge >= 0.3 is 0 Å². The molecule has 0 fully saturated rings. The van der Waals surface area contributed by atoms with Crippen LogP contribution in [0.15, 0.2) is 76.2 Å². The summed E-state index contributed by atoms with van der Waals surface area (Å²) >= 11 is 0. The van der Waals surface area contributed by atoms with E-state index in [0.717, 1.165) is 49.2 Å². The molecule has 0 saturated heterocycles. The highest BCUT2D eigenvalue weighted by Gasteiger charge is 2.27. The number of ether oxygens (including phenoxy) is 3. The van der Waals surface area contributed by atoms with E-state index in [1.165, 1.54) is 7.11 Å². The van der Waals surface area contributed by atoms with E-state index < -0.39 is 5.91 Å². The van der Waals surface area contributed by atoms with Crippen molar-refractivity contribution in [2.24, 2.45) is 5.16 Å². The van der Waals surface area contributed by atoms with Gasteiger partial charge in [-0.15, -0.1) is 0 Å². The predicted octanol–water partition coefficient (Wildman–Crippen LogP) is 6.03. The van der Waals surface area contributed by atoms with Gasteiger partial charge in [-0.25, -0.2) is 0 Å². The maximum absolute atomic E-state index is 13.6. The quantitative estimate of drug-likeness (QED) is 0.155. The second kappa shape index (κ2) is 15.9. The van der Waals surface area contributed by atoms with Gasteiger partial charge in [-0.05, 0) is 59.4 Å². The van der Waals surface area contributed by atoms with Gasteiger partial charge in [0.1, 0.15) is 18.4 Å². The summed E-state index contributed by atoms with van der Waals surface area (Å²) in [4.78, 5) is 16.0. The van der Waals surface area contributed by atoms with Crippen LogP contribution in [0.5, 0.6) is 5.75 Å². The highest BCUT2D eigenvalue weighted by atomic mass is 16.5. The Morgan fingerprint density at radius 3 is 2.42 bits per heavy atom. The molecule has 230 valence electrons. The van der Waals surface area contributed by atoms with Gasteiger partial charge in [-0.2, -0.15) is 5.26 Å². The minimum Gasteiger partial charge on any atom is -0.493 e. The lowest BCUT2D eigenvalue weighted by molar-refractivity contribution is -0.110. The van der Waals surface area contributed by atoms with Crippen LogP contribution >= 0.6 is 0 Å². The average Bonchev–Trinajstić information content (AvgIpc) is 3.33. The fraction of sp³-hybridized carbons (Fsp3) is 0.441. The maximum Gasteiger partial charge on any atom is 0.278 e. The fourth-order valence-electron chi connectivity index (χ4n) is 4.85. The zero-order chi connectivity index (χ0) is 31.4. The molecule has 2 aliphatic carbocycles. The summed E-state index contributed by atoms with van der Waals surface area (Å²) in [5.41, 5.74) is 3.25. The summed E-state index contributed by atoms with van der Waals surface area (Å²) in [6, 6.07) is 5.69. The summed E-state index contributed by atoms with van der Waals surface area (Å²) in [6.45, 7) is 12.0. The number of benzene rings is 1. The number of hydrogen-bond donors (Lipinski definition) is 2. The maximum atomic E-state index is 13.6.